The average Bonchev–Trinajstić information content (AvgIpc) is 2.45. The topological polar surface area (TPSA) is 35.6 Å². The summed E-state index contributed by atoms with van der Waals surface area (Å²) in [5.74, 6) is 0.146. The maximum atomic E-state index is 12.7. The number of benzene rings is 1. The first kappa shape index (κ1) is 15.8. The van der Waals surface area contributed by atoms with E-state index in [2.05, 4.69) is 38.0 Å². The first-order chi connectivity index (χ1) is 9.93. The molecule has 4 heteroatoms. The standard InChI is InChI=1S/C17H27N3O/c1-6-18-16-8-7-15(9-12(16)2)17(21)20-10-13(3)19(5)14(4)11-20/h7-9,13-14,18H,6,10-11H2,1-5H3. The van der Waals surface area contributed by atoms with Crippen molar-refractivity contribution >= 4 is 11.6 Å². The van der Waals surface area contributed by atoms with Gasteiger partial charge in [0.1, 0.15) is 0 Å². The van der Waals surface area contributed by atoms with Crippen LogP contribution in [0, 0.1) is 6.92 Å². The molecular formula is C17H27N3O. The second-order valence-corrected chi connectivity index (χ2v) is 6.13. The van der Waals surface area contributed by atoms with Gasteiger partial charge in [0.15, 0.2) is 0 Å². The van der Waals surface area contributed by atoms with Gasteiger partial charge < -0.3 is 10.2 Å². The summed E-state index contributed by atoms with van der Waals surface area (Å²) < 4.78 is 0. The lowest BCUT2D eigenvalue weighted by Crippen LogP contribution is -2.56. The van der Waals surface area contributed by atoms with Crippen molar-refractivity contribution in [3.05, 3.63) is 29.3 Å². The maximum Gasteiger partial charge on any atom is 0.253 e. The van der Waals surface area contributed by atoms with E-state index < -0.39 is 0 Å². The molecule has 21 heavy (non-hydrogen) atoms. The van der Waals surface area contributed by atoms with Gasteiger partial charge in [-0.1, -0.05) is 0 Å². The van der Waals surface area contributed by atoms with Crippen LogP contribution >= 0.6 is 0 Å². The molecule has 1 aliphatic rings. The lowest BCUT2D eigenvalue weighted by atomic mass is 10.1. The van der Waals surface area contributed by atoms with Crippen LogP contribution in [0.15, 0.2) is 18.2 Å². The molecule has 0 aliphatic carbocycles. The van der Waals surface area contributed by atoms with Crippen LogP contribution in [0.4, 0.5) is 5.69 Å². The Balaban J connectivity index is 2.15. The molecule has 1 aliphatic heterocycles. The van der Waals surface area contributed by atoms with Gasteiger partial charge in [0.25, 0.3) is 5.91 Å². The summed E-state index contributed by atoms with van der Waals surface area (Å²) in [6.45, 7) is 11.0. The van der Waals surface area contributed by atoms with Crippen molar-refractivity contribution in [2.24, 2.45) is 0 Å². The van der Waals surface area contributed by atoms with Gasteiger partial charge in [-0.2, -0.15) is 0 Å². The van der Waals surface area contributed by atoms with Gasteiger partial charge in [-0.3, -0.25) is 9.69 Å². The summed E-state index contributed by atoms with van der Waals surface area (Å²) in [5, 5.41) is 3.31. The Morgan fingerprint density at radius 2 is 1.90 bits per heavy atom. The van der Waals surface area contributed by atoms with Crippen LogP contribution in [-0.4, -0.2) is 54.5 Å². The van der Waals surface area contributed by atoms with E-state index in [0.29, 0.717) is 12.1 Å². The van der Waals surface area contributed by atoms with Crippen molar-refractivity contribution in [3.8, 4) is 0 Å². The van der Waals surface area contributed by atoms with E-state index >= 15 is 0 Å². The number of piperazine rings is 1. The van der Waals surface area contributed by atoms with E-state index in [4.69, 9.17) is 0 Å². The third-order valence-electron chi connectivity index (χ3n) is 4.49. The second-order valence-electron chi connectivity index (χ2n) is 6.13. The van der Waals surface area contributed by atoms with Crippen molar-refractivity contribution in [2.75, 3.05) is 32.0 Å². The molecule has 1 N–H and O–H groups in total. The number of hydrogen-bond acceptors (Lipinski definition) is 3. The molecule has 0 saturated carbocycles. The lowest BCUT2D eigenvalue weighted by molar-refractivity contribution is 0.0414. The number of amides is 1. The molecule has 1 heterocycles. The molecule has 0 radical (unpaired) electrons. The molecule has 1 aromatic carbocycles. The Kier molecular flexibility index (Phi) is 4.88. The molecule has 4 nitrogen and oxygen atoms in total. The predicted octanol–water partition coefficient (Wildman–Crippen LogP) is 2.59. The second kappa shape index (κ2) is 6.48. The number of likely N-dealkylation sites (N-methyl/N-ethyl adjacent to an activating group) is 1. The fraction of sp³-hybridized carbons (Fsp3) is 0.588. The number of anilines is 1. The van der Waals surface area contributed by atoms with Crippen LogP contribution in [-0.2, 0) is 0 Å². The number of aryl methyl sites for hydroxylation is 1. The highest BCUT2D eigenvalue weighted by Gasteiger charge is 2.29. The maximum absolute atomic E-state index is 12.7. The fourth-order valence-corrected chi connectivity index (χ4v) is 2.94. The molecule has 1 fully saturated rings. The number of hydrogen-bond donors (Lipinski definition) is 1. The average molecular weight is 289 g/mol. The molecule has 2 atom stereocenters. The third kappa shape index (κ3) is 3.38. The number of rotatable bonds is 3. The van der Waals surface area contributed by atoms with E-state index in [-0.39, 0.29) is 5.91 Å². The summed E-state index contributed by atoms with van der Waals surface area (Å²) in [6.07, 6.45) is 0. The van der Waals surface area contributed by atoms with E-state index in [1.165, 1.54) is 0 Å². The van der Waals surface area contributed by atoms with Gasteiger partial charge in [0, 0.05) is 43.0 Å². The van der Waals surface area contributed by atoms with E-state index in [1.807, 2.05) is 30.0 Å². The minimum Gasteiger partial charge on any atom is -0.385 e. The van der Waals surface area contributed by atoms with Crippen LogP contribution in [0.25, 0.3) is 0 Å². The minimum atomic E-state index is 0.146. The van der Waals surface area contributed by atoms with E-state index in [0.717, 1.165) is 36.4 Å². The highest BCUT2D eigenvalue weighted by atomic mass is 16.2. The normalized spacial score (nSPS) is 23.2. The molecule has 2 unspecified atom stereocenters. The third-order valence-corrected chi connectivity index (χ3v) is 4.49. The van der Waals surface area contributed by atoms with Crippen LogP contribution in [0.5, 0.6) is 0 Å². The van der Waals surface area contributed by atoms with Crippen molar-refractivity contribution in [1.82, 2.24) is 9.80 Å². The van der Waals surface area contributed by atoms with Gasteiger partial charge in [0.2, 0.25) is 0 Å². The van der Waals surface area contributed by atoms with Crippen LogP contribution in [0.3, 0.4) is 0 Å². The lowest BCUT2D eigenvalue weighted by Gasteiger charge is -2.42. The van der Waals surface area contributed by atoms with Gasteiger partial charge >= 0.3 is 0 Å². The minimum absolute atomic E-state index is 0.146. The zero-order chi connectivity index (χ0) is 15.6. The monoisotopic (exact) mass is 289 g/mol. The van der Waals surface area contributed by atoms with Gasteiger partial charge in [-0.25, -0.2) is 0 Å². The van der Waals surface area contributed by atoms with Crippen molar-refractivity contribution in [2.45, 2.75) is 39.8 Å². The van der Waals surface area contributed by atoms with Crippen LogP contribution in [0.1, 0.15) is 36.7 Å². The summed E-state index contributed by atoms with van der Waals surface area (Å²) in [4.78, 5) is 17.0. The summed E-state index contributed by atoms with van der Waals surface area (Å²) in [5.41, 5.74) is 3.02. The molecule has 0 aromatic heterocycles. The molecular weight excluding hydrogens is 262 g/mol. The highest BCUT2D eigenvalue weighted by Crippen LogP contribution is 2.20. The largest absolute Gasteiger partial charge is 0.385 e. The fourth-order valence-electron chi connectivity index (χ4n) is 2.94. The Morgan fingerprint density at radius 1 is 1.29 bits per heavy atom. The Morgan fingerprint density at radius 3 is 2.43 bits per heavy atom. The predicted molar refractivity (Wildman–Crippen MR) is 87.9 cm³/mol. The van der Waals surface area contributed by atoms with Crippen LogP contribution < -0.4 is 5.32 Å². The summed E-state index contributed by atoms with van der Waals surface area (Å²) in [6, 6.07) is 6.74. The SMILES string of the molecule is CCNc1ccc(C(=O)N2CC(C)N(C)C(C)C2)cc1C. The molecule has 1 amide bonds. The Hall–Kier alpha value is -1.55. The molecule has 0 spiro atoms. The first-order valence-electron chi connectivity index (χ1n) is 7.79. The van der Waals surface area contributed by atoms with Crippen molar-refractivity contribution in [1.29, 1.82) is 0 Å². The number of carbonyl (C=O) groups is 1. The zero-order valence-electron chi connectivity index (χ0n) is 13.8. The van der Waals surface area contributed by atoms with Crippen molar-refractivity contribution in [3.63, 3.8) is 0 Å². The zero-order valence-corrected chi connectivity index (χ0v) is 13.8. The smallest absolute Gasteiger partial charge is 0.253 e. The van der Waals surface area contributed by atoms with Gasteiger partial charge in [-0.15, -0.1) is 0 Å². The summed E-state index contributed by atoms with van der Waals surface area (Å²) in [7, 11) is 2.13. The molecule has 0 bridgehead atoms. The first-order valence-corrected chi connectivity index (χ1v) is 7.79. The van der Waals surface area contributed by atoms with Gasteiger partial charge in [0.05, 0.1) is 0 Å². The molecule has 1 saturated heterocycles. The number of nitrogens with zero attached hydrogens (tertiary/aromatic N) is 2. The Bertz CT molecular complexity index is 503. The highest BCUT2D eigenvalue weighted by molar-refractivity contribution is 5.95. The quantitative estimate of drug-likeness (QED) is 0.929. The van der Waals surface area contributed by atoms with Gasteiger partial charge in [-0.05, 0) is 58.5 Å². The summed E-state index contributed by atoms with van der Waals surface area (Å²) >= 11 is 0. The van der Waals surface area contributed by atoms with E-state index in [9.17, 15) is 4.79 Å². The van der Waals surface area contributed by atoms with E-state index in [1.54, 1.807) is 0 Å². The van der Waals surface area contributed by atoms with Crippen molar-refractivity contribution < 1.29 is 4.79 Å². The Labute approximate surface area is 128 Å². The number of nitrogens with one attached hydrogen (secondary N) is 1. The molecule has 116 valence electrons. The molecule has 2 rings (SSSR count). The number of carbonyl (C=O) groups excluding carboxylic acids is 1. The molecule has 1 aromatic rings. The van der Waals surface area contributed by atoms with Crippen LogP contribution in [0.2, 0.25) is 0 Å².